The van der Waals surface area contributed by atoms with Crippen molar-refractivity contribution in [2.45, 2.75) is 31.8 Å². The van der Waals surface area contributed by atoms with Crippen molar-refractivity contribution in [3.63, 3.8) is 0 Å². The number of rotatable bonds is 4. The first-order valence-electron chi connectivity index (χ1n) is 8.10. The van der Waals surface area contributed by atoms with E-state index in [0.29, 0.717) is 17.9 Å². The third-order valence-electron chi connectivity index (χ3n) is 4.62. The highest BCUT2D eigenvalue weighted by atomic mass is 16.5. The van der Waals surface area contributed by atoms with Crippen LogP contribution in [-0.4, -0.2) is 59.3 Å². The fourth-order valence-electron chi connectivity index (χ4n) is 3.37. The Morgan fingerprint density at radius 2 is 2.17 bits per heavy atom. The predicted molar refractivity (Wildman–Crippen MR) is 86.4 cm³/mol. The Kier molecular flexibility index (Phi) is 4.42. The summed E-state index contributed by atoms with van der Waals surface area (Å²) in [6.45, 7) is 2.86. The molecule has 0 aliphatic carbocycles. The molecule has 3 rings (SSSR count). The Morgan fingerprint density at radius 3 is 2.92 bits per heavy atom. The molecule has 1 aromatic carbocycles. The highest BCUT2D eigenvalue weighted by Crippen LogP contribution is 2.27. The van der Waals surface area contributed by atoms with E-state index in [9.17, 15) is 14.4 Å². The third-order valence-corrected chi connectivity index (χ3v) is 4.62. The van der Waals surface area contributed by atoms with E-state index in [1.807, 2.05) is 4.90 Å². The number of nitrogens with two attached hydrogens (primary N) is 1. The number of benzene rings is 1. The Balaban J connectivity index is 1.77. The number of carbonyl (C=O) groups is 3. The van der Waals surface area contributed by atoms with Crippen LogP contribution >= 0.6 is 0 Å². The van der Waals surface area contributed by atoms with E-state index in [-0.39, 0.29) is 24.5 Å². The lowest BCUT2D eigenvalue weighted by atomic mass is 10.1. The van der Waals surface area contributed by atoms with Crippen LogP contribution in [0.4, 0.5) is 0 Å². The summed E-state index contributed by atoms with van der Waals surface area (Å²) in [5, 5.41) is 0. The van der Waals surface area contributed by atoms with E-state index < -0.39 is 11.9 Å². The number of ether oxygens (including phenoxy) is 1. The molecular weight excluding hydrogens is 310 g/mol. The smallest absolute Gasteiger partial charge is 0.255 e. The summed E-state index contributed by atoms with van der Waals surface area (Å²) in [7, 11) is 0. The molecule has 128 valence electrons. The summed E-state index contributed by atoms with van der Waals surface area (Å²) in [6, 6.07) is 6.24. The average Bonchev–Trinajstić information content (AvgIpc) is 3.04. The first kappa shape index (κ1) is 16.3. The maximum absolute atomic E-state index is 12.8. The molecule has 3 amide bonds. The van der Waals surface area contributed by atoms with Gasteiger partial charge in [0.15, 0.2) is 6.61 Å². The lowest BCUT2D eigenvalue weighted by Crippen LogP contribution is -2.60. The number of fused-ring (bicyclic) bond motifs is 1. The van der Waals surface area contributed by atoms with Crippen LogP contribution in [-0.2, 0) is 9.59 Å². The quantitative estimate of drug-likeness (QED) is 0.863. The minimum atomic E-state index is -0.580. The number of piperazine rings is 1. The third kappa shape index (κ3) is 3.06. The fourth-order valence-corrected chi connectivity index (χ4v) is 3.37. The topological polar surface area (TPSA) is 92.9 Å². The second-order valence-electron chi connectivity index (χ2n) is 6.24. The largest absolute Gasteiger partial charge is 0.484 e. The van der Waals surface area contributed by atoms with Crippen LogP contribution in [0, 0.1) is 0 Å². The molecule has 7 heteroatoms. The van der Waals surface area contributed by atoms with E-state index in [1.54, 1.807) is 36.1 Å². The molecule has 2 aliphatic rings. The van der Waals surface area contributed by atoms with E-state index in [1.165, 1.54) is 0 Å². The van der Waals surface area contributed by atoms with Crippen molar-refractivity contribution in [1.29, 1.82) is 0 Å². The van der Waals surface area contributed by atoms with E-state index in [2.05, 4.69) is 0 Å². The van der Waals surface area contributed by atoms with Gasteiger partial charge < -0.3 is 20.3 Å². The van der Waals surface area contributed by atoms with Gasteiger partial charge in [-0.3, -0.25) is 14.4 Å². The molecular formula is C17H21N3O4. The minimum absolute atomic E-state index is 0.0123. The van der Waals surface area contributed by atoms with Gasteiger partial charge in [-0.25, -0.2) is 0 Å². The zero-order valence-electron chi connectivity index (χ0n) is 13.6. The van der Waals surface area contributed by atoms with Crippen LogP contribution < -0.4 is 10.5 Å². The first-order chi connectivity index (χ1) is 11.5. The first-order valence-corrected chi connectivity index (χ1v) is 8.10. The van der Waals surface area contributed by atoms with Gasteiger partial charge in [0.2, 0.25) is 5.91 Å². The van der Waals surface area contributed by atoms with Gasteiger partial charge in [-0.1, -0.05) is 6.07 Å². The lowest BCUT2D eigenvalue weighted by Gasteiger charge is -2.41. The van der Waals surface area contributed by atoms with Crippen molar-refractivity contribution < 1.29 is 19.1 Å². The number of amides is 3. The van der Waals surface area contributed by atoms with Crippen molar-refractivity contribution in [3.8, 4) is 5.75 Å². The van der Waals surface area contributed by atoms with E-state index in [0.717, 1.165) is 19.4 Å². The van der Waals surface area contributed by atoms with Crippen molar-refractivity contribution >= 4 is 17.7 Å². The fraction of sp³-hybridized carbons (Fsp3) is 0.471. The number of nitrogens with zero attached hydrogens (tertiary/aromatic N) is 2. The molecule has 0 saturated carbocycles. The van der Waals surface area contributed by atoms with Gasteiger partial charge in [0, 0.05) is 24.7 Å². The zero-order chi connectivity index (χ0) is 17.3. The molecule has 0 radical (unpaired) electrons. The van der Waals surface area contributed by atoms with Crippen molar-refractivity contribution in [1.82, 2.24) is 9.80 Å². The summed E-state index contributed by atoms with van der Waals surface area (Å²) in [4.78, 5) is 39.6. The zero-order valence-corrected chi connectivity index (χ0v) is 13.6. The molecule has 0 unspecified atom stereocenters. The summed E-state index contributed by atoms with van der Waals surface area (Å²) in [5.41, 5.74) is 5.49. The average molecular weight is 331 g/mol. The normalized spacial score (nSPS) is 23.1. The van der Waals surface area contributed by atoms with Crippen LogP contribution in [0.5, 0.6) is 5.75 Å². The predicted octanol–water partition coefficient (Wildman–Crippen LogP) is 0.386. The Morgan fingerprint density at radius 1 is 1.38 bits per heavy atom. The number of hydrogen-bond donors (Lipinski definition) is 1. The van der Waals surface area contributed by atoms with Crippen molar-refractivity contribution in [2.75, 3.05) is 19.7 Å². The highest BCUT2D eigenvalue weighted by molar-refractivity contribution is 5.98. The van der Waals surface area contributed by atoms with Crippen LogP contribution in [0.1, 0.15) is 30.1 Å². The minimum Gasteiger partial charge on any atom is -0.484 e. The summed E-state index contributed by atoms with van der Waals surface area (Å²) >= 11 is 0. The number of hydrogen-bond acceptors (Lipinski definition) is 4. The van der Waals surface area contributed by atoms with E-state index in [4.69, 9.17) is 10.5 Å². The van der Waals surface area contributed by atoms with Crippen LogP contribution in [0.3, 0.4) is 0 Å². The monoisotopic (exact) mass is 331 g/mol. The van der Waals surface area contributed by atoms with Gasteiger partial charge >= 0.3 is 0 Å². The molecule has 2 saturated heterocycles. The van der Waals surface area contributed by atoms with Gasteiger partial charge in [0.25, 0.3) is 11.8 Å². The van der Waals surface area contributed by atoms with Crippen LogP contribution in [0.2, 0.25) is 0 Å². The van der Waals surface area contributed by atoms with Gasteiger partial charge in [-0.2, -0.15) is 0 Å². The Labute approximate surface area is 140 Å². The second-order valence-corrected chi connectivity index (χ2v) is 6.24. The Hall–Kier alpha value is -2.57. The van der Waals surface area contributed by atoms with Gasteiger partial charge in [-0.05, 0) is 38.0 Å². The van der Waals surface area contributed by atoms with Gasteiger partial charge in [-0.15, -0.1) is 0 Å². The number of primary amides is 1. The summed E-state index contributed by atoms with van der Waals surface area (Å²) < 4.78 is 5.24. The van der Waals surface area contributed by atoms with Gasteiger partial charge in [0.05, 0.1) is 0 Å². The molecule has 24 heavy (non-hydrogen) atoms. The molecule has 0 spiro atoms. The SMILES string of the molecule is C[C@H]1C(=O)N2CCC[C@@H]2CN1C(=O)c1cccc(OCC(N)=O)c1. The highest BCUT2D eigenvalue weighted by Gasteiger charge is 2.42. The summed E-state index contributed by atoms with van der Waals surface area (Å²) in [6.07, 6.45) is 1.92. The molecule has 2 aliphatic heterocycles. The lowest BCUT2D eigenvalue weighted by molar-refractivity contribution is -0.141. The maximum Gasteiger partial charge on any atom is 0.255 e. The van der Waals surface area contributed by atoms with E-state index >= 15 is 0 Å². The molecule has 0 aromatic heterocycles. The molecule has 7 nitrogen and oxygen atoms in total. The standard InChI is InChI=1S/C17H21N3O4/c1-11-16(22)19-7-3-5-13(19)9-20(11)17(23)12-4-2-6-14(8-12)24-10-15(18)21/h2,4,6,8,11,13H,3,5,7,9-10H2,1H3,(H2,18,21)/t11-,13+/m0/s1. The molecule has 2 heterocycles. The summed E-state index contributed by atoms with van der Waals surface area (Å²) in [5.74, 6) is -0.369. The molecule has 2 fully saturated rings. The van der Waals surface area contributed by atoms with Crippen LogP contribution in [0.25, 0.3) is 0 Å². The second kappa shape index (κ2) is 6.51. The van der Waals surface area contributed by atoms with Crippen LogP contribution in [0.15, 0.2) is 24.3 Å². The van der Waals surface area contributed by atoms with Crippen molar-refractivity contribution in [2.24, 2.45) is 5.73 Å². The number of carbonyl (C=O) groups excluding carboxylic acids is 3. The molecule has 2 atom stereocenters. The molecule has 2 N–H and O–H groups in total. The Bertz CT molecular complexity index is 676. The maximum atomic E-state index is 12.8. The van der Waals surface area contributed by atoms with Gasteiger partial charge in [0.1, 0.15) is 11.8 Å². The molecule has 0 bridgehead atoms. The van der Waals surface area contributed by atoms with Crippen molar-refractivity contribution in [3.05, 3.63) is 29.8 Å². The molecule has 1 aromatic rings.